The molecule has 0 unspecified atom stereocenters. The van der Waals surface area contributed by atoms with Crippen molar-refractivity contribution >= 4 is 17.7 Å². The molecule has 1 aromatic heterocycles. The Morgan fingerprint density at radius 3 is 2.64 bits per heavy atom. The molecule has 76 valence electrons. The van der Waals surface area contributed by atoms with Gasteiger partial charge in [0.2, 0.25) is 5.91 Å². The quantitative estimate of drug-likeness (QED) is 0.662. The molecule has 0 aliphatic heterocycles. The SMILES string of the molecule is CCc1nc(NC(C)=O)c(C(=O)O)[nH]1. The molecule has 0 saturated carbocycles. The van der Waals surface area contributed by atoms with E-state index in [4.69, 9.17) is 5.11 Å². The van der Waals surface area contributed by atoms with Crippen LogP contribution in [-0.4, -0.2) is 27.0 Å². The molecular formula is C8H11N3O3. The minimum absolute atomic E-state index is 0.0712. The maximum absolute atomic E-state index is 10.7. The molecule has 0 fully saturated rings. The summed E-state index contributed by atoms with van der Waals surface area (Å²) in [6.45, 7) is 3.13. The van der Waals surface area contributed by atoms with Crippen LogP contribution in [0.25, 0.3) is 0 Å². The monoisotopic (exact) mass is 197 g/mol. The number of H-pyrrole nitrogens is 1. The van der Waals surface area contributed by atoms with Gasteiger partial charge >= 0.3 is 5.97 Å². The molecule has 0 aromatic carbocycles. The third-order valence-electron chi connectivity index (χ3n) is 1.60. The number of anilines is 1. The van der Waals surface area contributed by atoms with Crippen LogP contribution in [0.5, 0.6) is 0 Å². The molecule has 3 N–H and O–H groups in total. The van der Waals surface area contributed by atoms with Crippen molar-refractivity contribution in [2.24, 2.45) is 0 Å². The van der Waals surface area contributed by atoms with Crippen molar-refractivity contribution in [3.8, 4) is 0 Å². The van der Waals surface area contributed by atoms with Crippen LogP contribution in [0.3, 0.4) is 0 Å². The highest BCUT2D eigenvalue weighted by Crippen LogP contribution is 2.12. The molecule has 6 nitrogen and oxygen atoms in total. The lowest BCUT2D eigenvalue weighted by molar-refractivity contribution is -0.114. The summed E-state index contributed by atoms with van der Waals surface area (Å²) in [7, 11) is 0. The fourth-order valence-electron chi connectivity index (χ4n) is 1.00. The Morgan fingerprint density at radius 1 is 1.57 bits per heavy atom. The molecule has 0 bridgehead atoms. The molecule has 14 heavy (non-hydrogen) atoms. The lowest BCUT2D eigenvalue weighted by atomic mass is 10.4. The predicted octanol–water partition coefficient (Wildman–Crippen LogP) is 0.629. The molecule has 0 spiro atoms. The number of nitrogens with zero attached hydrogens (tertiary/aromatic N) is 1. The van der Waals surface area contributed by atoms with Gasteiger partial charge in [0.1, 0.15) is 5.82 Å². The summed E-state index contributed by atoms with van der Waals surface area (Å²) in [5.41, 5.74) is -0.0861. The third kappa shape index (κ3) is 2.09. The van der Waals surface area contributed by atoms with Crippen LogP contribution < -0.4 is 5.32 Å². The first kappa shape index (κ1) is 10.2. The van der Waals surface area contributed by atoms with Crippen LogP contribution in [0.2, 0.25) is 0 Å². The van der Waals surface area contributed by atoms with E-state index in [1.54, 1.807) is 0 Å². The van der Waals surface area contributed by atoms with Gasteiger partial charge < -0.3 is 15.4 Å². The van der Waals surface area contributed by atoms with Crippen molar-refractivity contribution in [3.05, 3.63) is 11.5 Å². The average Bonchev–Trinajstić information content (AvgIpc) is 2.46. The minimum Gasteiger partial charge on any atom is -0.476 e. The summed E-state index contributed by atoms with van der Waals surface area (Å²) >= 11 is 0. The zero-order valence-corrected chi connectivity index (χ0v) is 7.92. The minimum atomic E-state index is -1.14. The number of aryl methyl sites for hydroxylation is 1. The van der Waals surface area contributed by atoms with Crippen molar-refractivity contribution in [2.75, 3.05) is 5.32 Å². The van der Waals surface area contributed by atoms with Crippen LogP contribution >= 0.6 is 0 Å². The number of carboxylic acid groups (broad SMARTS) is 1. The highest BCUT2D eigenvalue weighted by atomic mass is 16.4. The first-order valence-electron chi connectivity index (χ1n) is 4.14. The van der Waals surface area contributed by atoms with Gasteiger partial charge in [-0.15, -0.1) is 0 Å². The topological polar surface area (TPSA) is 95.1 Å². The lowest BCUT2D eigenvalue weighted by Gasteiger charge is -1.96. The van der Waals surface area contributed by atoms with Crippen molar-refractivity contribution in [1.29, 1.82) is 0 Å². The van der Waals surface area contributed by atoms with Crippen LogP contribution in [-0.2, 0) is 11.2 Å². The third-order valence-corrected chi connectivity index (χ3v) is 1.60. The molecule has 1 aromatic rings. The van der Waals surface area contributed by atoms with Gasteiger partial charge in [0.15, 0.2) is 11.5 Å². The molecule has 0 aliphatic rings. The Kier molecular flexibility index (Phi) is 2.85. The molecular weight excluding hydrogens is 186 g/mol. The van der Waals surface area contributed by atoms with E-state index in [1.165, 1.54) is 6.92 Å². The number of amides is 1. The van der Waals surface area contributed by atoms with E-state index in [2.05, 4.69) is 15.3 Å². The first-order chi connectivity index (χ1) is 6.54. The number of hydrogen-bond acceptors (Lipinski definition) is 3. The van der Waals surface area contributed by atoms with E-state index in [1.807, 2.05) is 6.92 Å². The molecule has 1 rings (SSSR count). The zero-order chi connectivity index (χ0) is 10.7. The van der Waals surface area contributed by atoms with E-state index < -0.39 is 5.97 Å². The fraction of sp³-hybridized carbons (Fsp3) is 0.375. The summed E-state index contributed by atoms with van der Waals surface area (Å²) in [5, 5.41) is 11.1. The Balaban J connectivity index is 3.05. The van der Waals surface area contributed by atoms with Gasteiger partial charge in [-0.1, -0.05) is 6.92 Å². The van der Waals surface area contributed by atoms with E-state index >= 15 is 0 Å². The fourth-order valence-corrected chi connectivity index (χ4v) is 1.00. The smallest absolute Gasteiger partial charge is 0.356 e. The Morgan fingerprint density at radius 2 is 2.21 bits per heavy atom. The number of aromatic amines is 1. The Bertz CT molecular complexity index is 370. The predicted molar refractivity (Wildman–Crippen MR) is 49.2 cm³/mol. The van der Waals surface area contributed by atoms with Crippen LogP contribution in [0.1, 0.15) is 30.2 Å². The number of aromatic nitrogens is 2. The normalized spacial score (nSPS) is 9.86. The zero-order valence-electron chi connectivity index (χ0n) is 7.92. The average molecular weight is 197 g/mol. The molecule has 0 atom stereocenters. The van der Waals surface area contributed by atoms with Gasteiger partial charge in [0.05, 0.1) is 0 Å². The Hall–Kier alpha value is -1.85. The van der Waals surface area contributed by atoms with Crippen molar-refractivity contribution in [1.82, 2.24) is 9.97 Å². The lowest BCUT2D eigenvalue weighted by Crippen LogP contribution is -2.10. The van der Waals surface area contributed by atoms with E-state index in [-0.39, 0.29) is 17.4 Å². The number of hydrogen-bond donors (Lipinski definition) is 3. The van der Waals surface area contributed by atoms with E-state index in [0.717, 1.165) is 0 Å². The van der Waals surface area contributed by atoms with Gasteiger partial charge in [0, 0.05) is 13.3 Å². The molecule has 1 heterocycles. The summed E-state index contributed by atoms with van der Waals surface area (Å²) in [4.78, 5) is 28.0. The Labute approximate surface area is 80.4 Å². The van der Waals surface area contributed by atoms with Gasteiger partial charge in [-0.3, -0.25) is 4.79 Å². The van der Waals surface area contributed by atoms with E-state index in [9.17, 15) is 9.59 Å². The largest absolute Gasteiger partial charge is 0.476 e. The number of aromatic carboxylic acids is 1. The molecule has 0 aliphatic carbocycles. The van der Waals surface area contributed by atoms with Crippen molar-refractivity contribution in [3.63, 3.8) is 0 Å². The maximum atomic E-state index is 10.7. The van der Waals surface area contributed by atoms with Gasteiger partial charge in [-0.2, -0.15) is 0 Å². The summed E-state index contributed by atoms with van der Waals surface area (Å²) in [6.07, 6.45) is 0.583. The maximum Gasteiger partial charge on any atom is 0.356 e. The second-order valence-corrected chi connectivity index (χ2v) is 2.75. The number of rotatable bonds is 3. The highest BCUT2D eigenvalue weighted by molar-refractivity contribution is 5.97. The number of nitrogens with one attached hydrogen (secondary N) is 2. The number of carbonyl (C=O) groups excluding carboxylic acids is 1. The summed E-state index contributed by atoms with van der Waals surface area (Å²) < 4.78 is 0. The van der Waals surface area contributed by atoms with E-state index in [0.29, 0.717) is 12.2 Å². The molecule has 1 amide bonds. The second-order valence-electron chi connectivity index (χ2n) is 2.75. The van der Waals surface area contributed by atoms with Crippen molar-refractivity contribution in [2.45, 2.75) is 20.3 Å². The van der Waals surface area contributed by atoms with Crippen LogP contribution in [0.15, 0.2) is 0 Å². The highest BCUT2D eigenvalue weighted by Gasteiger charge is 2.16. The van der Waals surface area contributed by atoms with Gasteiger partial charge in [0.25, 0.3) is 0 Å². The number of carbonyl (C=O) groups is 2. The number of carboxylic acids is 1. The second kappa shape index (κ2) is 3.91. The van der Waals surface area contributed by atoms with Crippen molar-refractivity contribution < 1.29 is 14.7 Å². The molecule has 0 radical (unpaired) electrons. The van der Waals surface area contributed by atoms with Gasteiger partial charge in [-0.05, 0) is 0 Å². The molecule has 6 heteroatoms. The van der Waals surface area contributed by atoms with Crippen LogP contribution in [0.4, 0.5) is 5.82 Å². The van der Waals surface area contributed by atoms with Gasteiger partial charge in [-0.25, -0.2) is 9.78 Å². The molecule has 0 saturated heterocycles. The first-order valence-corrected chi connectivity index (χ1v) is 4.14. The summed E-state index contributed by atoms with van der Waals surface area (Å²) in [5.74, 6) is -0.879. The van der Waals surface area contributed by atoms with Crippen LogP contribution in [0, 0.1) is 0 Å². The number of imidazole rings is 1. The summed E-state index contributed by atoms with van der Waals surface area (Å²) in [6, 6.07) is 0. The standard InChI is InChI=1S/C8H11N3O3/c1-3-5-10-6(8(13)14)7(11-5)9-4(2)12/h3H2,1-2H3,(H,9,12)(H,10,11)(H,13,14).